The van der Waals surface area contributed by atoms with Gasteiger partial charge in [0.05, 0.1) is 21.2 Å². The van der Waals surface area contributed by atoms with E-state index in [1.807, 2.05) is 19.1 Å². The van der Waals surface area contributed by atoms with Gasteiger partial charge in [0.1, 0.15) is 0 Å². The molecule has 150 valence electrons. The Balaban J connectivity index is 1.83. The summed E-state index contributed by atoms with van der Waals surface area (Å²) in [6.07, 6.45) is 0. The van der Waals surface area contributed by atoms with Gasteiger partial charge >= 0.3 is 0 Å². The molecular weight excluding hydrogens is 431 g/mol. The third-order valence-electron chi connectivity index (χ3n) is 4.34. The van der Waals surface area contributed by atoms with Crippen molar-refractivity contribution in [1.29, 1.82) is 0 Å². The van der Waals surface area contributed by atoms with Crippen LogP contribution in [0.2, 0.25) is 10.0 Å². The van der Waals surface area contributed by atoms with E-state index in [-0.39, 0.29) is 21.4 Å². The Hall–Kier alpha value is -2.54. The van der Waals surface area contributed by atoms with Crippen LogP contribution < -0.4 is 9.62 Å². The molecule has 0 atom stereocenters. The Morgan fingerprint density at radius 1 is 0.931 bits per heavy atom. The summed E-state index contributed by atoms with van der Waals surface area (Å²) >= 11 is 12.1. The van der Waals surface area contributed by atoms with Crippen LogP contribution in [0.4, 0.5) is 11.4 Å². The van der Waals surface area contributed by atoms with Gasteiger partial charge in [0.2, 0.25) is 0 Å². The van der Waals surface area contributed by atoms with Crippen LogP contribution in [0.3, 0.4) is 0 Å². The van der Waals surface area contributed by atoms with E-state index < -0.39 is 10.0 Å². The van der Waals surface area contributed by atoms with Crippen molar-refractivity contribution < 1.29 is 13.2 Å². The molecule has 3 rings (SSSR count). The van der Waals surface area contributed by atoms with Crippen LogP contribution >= 0.6 is 23.2 Å². The lowest BCUT2D eigenvalue weighted by molar-refractivity contribution is 0.102. The SMILES string of the molecule is Cc1ccc(NC(=O)c2ccc(N(C)S(=O)(=O)c3ccc(Cl)cc3)cc2Cl)cc1. The van der Waals surface area contributed by atoms with E-state index >= 15 is 0 Å². The summed E-state index contributed by atoms with van der Waals surface area (Å²) in [7, 11) is -2.38. The molecule has 0 heterocycles. The van der Waals surface area contributed by atoms with Gasteiger partial charge in [-0.1, -0.05) is 40.9 Å². The first-order valence-electron chi connectivity index (χ1n) is 8.60. The van der Waals surface area contributed by atoms with Gasteiger partial charge in [0.25, 0.3) is 15.9 Å². The van der Waals surface area contributed by atoms with Gasteiger partial charge in [-0.3, -0.25) is 9.10 Å². The van der Waals surface area contributed by atoms with Crippen LogP contribution in [0.5, 0.6) is 0 Å². The first-order valence-corrected chi connectivity index (χ1v) is 10.8. The Labute approximate surface area is 179 Å². The molecule has 0 saturated heterocycles. The van der Waals surface area contributed by atoms with Gasteiger partial charge < -0.3 is 5.32 Å². The molecule has 1 amide bonds. The average molecular weight is 449 g/mol. The van der Waals surface area contributed by atoms with Crippen LogP contribution in [-0.2, 0) is 10.0 Å². The van der Waals surface area contributed by atoms with Crippen LogP contribution in [-0.4, -0.2) is 21.4 Å². The van der Waals surface area contributed by atoms with Gasteiger partial charge in [-0.05, 0) is 61.5 Å². The fourth-order valence-corrected chi connectivity index (χ4v) is 4.20. The number of aryl methyl sites for hydroxylation is 1. The highest BCUT2D eigenvalue weighted by molar-refractivity contribution is 7.92. The minimum Gasteiger partial charge on any atom is -0.322 e. The van der Waals surface area contributed by atoms with E-state index in [0.29, 0.717) is 16.4 Å². The smallest absolute Gasteiger partial charge is 0.264 e. The number of nitrogens with zero attached hydrogens (tertiary/aromatic N) is 1. The summed E-state index contributed by atoms with van der Waals surface area (Å²) in [5, 5.41) is 3.36. The van der Waals surface area contributed by atoms with Gasteiger partial charge in [0, 0.05) is 17.8 Å². The molecule has 3 aromatic carbocycles. The van der Waals surface area contributed by atoms with Crippen molar-refractivity contribution in [3.8, 4) is 0 Å². The summed E-state index contributed by atoms with van der Waals surface area (Å²) in [6, 6.07) is 17.7. The van der Waals surface area contributed by atoms with Crippen molar-refractivity contribution in [3.05, 3.63) is 87.9 Å². The summed E-state index contributed by atoms with van der Waals surface area (Å²) < 4.78 is 26.7. The minimum absolute atomic E-state index is 0.0988. The summed E-state index contributed by atoms with van der Waals surface area (Å²) in [6.45, 7) is 1.95. The van der Waals surface area contributed by atoms with Crippen LogP contribution in [0.25, 0.3) is 0 Å². The molecule has 0 aromatic heterocycles. The lowest BCUT2D eigenvalue weighted by atomic mass is 10.1. The lowest BCUT2D eigenvalue weighted by Crippen LogP contribution is -2.26. The first kappa shape index (κ1) is 21.2. The van der Waals surface area contributed by atoms with E-state index in [2.05, 4.69) is 5.32 Å². The van der Waals surface area contributed by atoms with Crippen molar-refractivity contribution in [2.24, 2.45) is 0 Å². The van der Waals surface area contributed by atoms with E-state index in [0.717, 1.165) is 9.87 Å². The number of carbonyl (C=O) groups excluding carboxylic acids is 1. The number of hydrogen-bond acceptors (Lipinski definition) is 3. The molecule has 0 aliphatic rings. The van der Waals surface area contributed by atoms with Crippen LogP contribution in [0.15, 0.2) is 71.6 Å². The zero-order chi connectivity index (χ0) is 21.2. The van der Waals surface area contributed by atoms with Crippen LogP contribution in [0, 0.1) is 6.92 Å². The molecule has 29 heavy (non-hydrogen) atoms. The number of rotatable bonds is 5. The van der Waals surface area contributed by atoms with Gasteiger partial charge in [-0.2, -0.15) is 0 Å². The van der Waals surface area contributed by atoms with E-state index in [9.17, 15) is 13.2 Å². The minimum atomic E-state index is -3.80. The third kappa shape index (κ3) is 4.72. The highest BCUT2D eigenvalue weighted by Crippen LogP contribution is 2.28. The largest absolute Gasteiger partial charge is 0.322 e. The Morgan fingerprint density at radius 2 is 1.55 bits per heavy atom. The number of nitrogens with one attached hydrogen (secondary N) is 1. The van der Waals surface area contributed by atoms with Crippen molar-refractivity contribution in [2.45, 2.75) is 11.8 Å². The molecule has 0 aliphatic heterocycles. The molecule has 1 N–H and O–H groups in total. The summed E-state index contributed by atoms with van der Waals surface area (Å²) in [5.41, 5.74) is 2.30. The van der Waals surface area contributed by atoms with Crippen molar-refractivity contribution in [1.82, 2.24) is 0 Å². The van der Waals surface area contributed by atoms with Crippen molar-refractivity contribution in [3.63, 3.8) is 0 Å². The second-order valence-electron chi connectivity index (χ2n) is 6.41. The normalized spacial score (nSPS) is 11.2. The molecule has 8 heteroatoms. The molecule has 0 fully saturated rings. The number of amides is 1. The van der Waals surface area contributed by atoms with E-state index in [4.69, 9.17) is 23.2 Å². The number of benzene rings is 3. The molecular formula is C21H18Cl2N2O3S. The standard InChI is InChI=1S/C21H18Cl2N2O3S/c1-14-3-7-16(8-4-14)24-21(26)19-12-9-17(13-20(19)23)25(2)29(27,28)18-10-5-15(22)6-11-18/h3-13H,1-2H3,(H,24,26). The Bertz CT molecular complexity index is 1150. The molecule has 0 spiro atoms. The predicted molar refractivity (Wildman–Crippen MR) is 118 cm³/mol. The number of anilines is 2. The van der Waals surface area contributed by atoms with Gasteiger partial charge in [-0.15, -0.1) is 0 Å². The summed E-state index contributed by atoms with van der Waals surface area (Å²) in [5.74, 6) is -0.381. The second kappa shape index (κ2) is 8.45. The third-order valence-corrected chi connectivity index (χ3v) is 6.71. The van der Waals surface area contributed by atoms with E-state index in [1.165, 1.54) is 49.5 Å². The maximum absolute atomic E-state index is 12.8. The quantitative estimate of drug-likeness (QED) is 0.569. The first-order chi connectivity index (χ1) is 13.7. The fraction of sp³-hybridized carbons (Fsp3) is 0.0952. The molecule has 0 bridgehead atoms. The second-order valence-corrected chi connectivity index (χ2v) is 9.22. The highest BCUT2D eigenvalue weighted by atomic mass is 35.5. The average Bonchev–Trinajstić information content (AvgIpc) is 2.69. The predicted octanol–water partition coefficient (Wildman–Crippen LogP) is 5.38. The number of carbonyl (C=O) groups is 1. The lowest BCUT2D eigenvalue weighted by Gasteiger charge is -2.20. The number of sulfonamides is 1. The van der Waals surface area contributed by atoms with Crippen molar-refractivity contribution >= 4 is 50.5 Å². The molecule has 0 saturated carbocycles. The number of halogens is 2. The molecule has 5 nitrogen and oxygen atoms in total. The van der Waals surface area contributed by atoms with Crippen molar-refractivity contribution in [2.75, 3.05) is 16.7 Å². The summed E-state index contributed by atoms with van der Waals surface area (Å²) in [4.78, 5) is 12.6. The highest BCUT2D eigenvalue weighted by Gasteiger charge is 2.22. The molecule has 0 unspecified atom stereocenters. The monoisotopic (exact) mass is 448 g/mol. The van der Waals surface area contributed by atoms with Gasteiger partial charge in [0.15, 0.2) is 0 Å². The number of hydrogen-bond donors (Lipinski definition) is 1. The topological polar surface area (TPSA) is 66.5 Å². The Morgan fingerprint density at radius 3 is 2.14 bits per heavy atom. The zero-order valence-corrected chi connectivity index (χ0v) is 18.0. The molecule has 0 aliphatic carbocycles. The van der Waals surface area contributed by atoms with Gasteiger partial charge in [-0.25, -0.2) is 8.42 Å². The maximum Gasteiger partial charge on any atom is 0.264 e. The van der Waals surface area contributed by atoms with E-state index in [1.54, 1.807) is 12.1 Å². The maximum atomic E-state index is 12.8. The molecule has 0 radical (unpaired) electrons. The Kier molecular flexibility index (Phi) is 6.17. The zero-order valence-electron chi connectivity index (χ0n) is 15.7. The molecule has 3 aromatic rings. The van der Waals surface area contributed by atoms with Crippen LogP contribution in [0.1, 0.15) is 15.9 Å². The fourth-order valence-electron chi connectivity index (χ4n) is 2.62.